The Labute approximate surface area is 206 Å². The summed E-state index contributed by atoms with van der Waals surface area (Å²) in [5.74, 6) is 1.05. The molecule has 3 aliphatic rings. The molecule has 0 saturated carbocycles. The molecule has 1 aromatic rings. The van der Waals surface area contributed by atoms with E-state index in [4.69, 9.17) is 14.7 Å². The smallest absolute Gasteiger partial charge is 0.313 e. The number of carbonyl (C=O) groups excluding carboxylic acids is 2. The Balaban J connectivity index is 1.56. The third kappa shape index (κ3) is 4.94. The van der Waals surface area contributed by atoms with E-state index >= 15 is 0 Å². The van der Waals surface area contributed by atoms with E-state index in [1.807, 2.05) is 6.92 Å². The van der Waals surface area contributed by atoms with E-state index in [0.29, 0.717) is 69.3 Å². The molecule has 0 bridgehead atoms. The summed E-state index contributed by atoms with van der Waals surface area (Å²) < 4.78 is 20.3. The zero-order valence-corrected chi connectivity index (χ0v) is 20.7. The van der Waals surface area contributed by atoms with Crippen molar-refractivity contribution < 1.29 is 18.7 Å². The van der Waals surface area contributed by atoms with Gasteiger partial charge in [-0.2, -0.15) is 4.99 Å². The fourth-order valence-corrected chi connectivity index (χ4v) is 5.12. The molecule has 8 nitrogen and oxygen atoms in total. The van der Waals surface area contributed by atoms with Crippen LogP contribution >= 0.6 is 0 Å². The first-order valence-electron chi connectivity index (χ1n) is 12.2. The molecular formula is C26H33FN5O3. The summed E-state index contributed by atoms with van der Waals surface area (Å²) in [5, 5.41) is 0. The van der Waals surface area contributed by atoms with Gasteiger partial charge in [0.25, 0.3) is 0 Å². The SMILES string of the molecule is C=CC(=O)N1CCN(C2=NC(OCC)=NC(C[C@@H]3Cc4c(F)cccc4N(C)C3=O)[C]2CC)CC1. The third-order valence-corrected chi connectivity index (χ3v) is 6.97. The number of amidine groups is 2. The summed E-state index contributed by atoms with van der Waals surface area (Å²) in [6, 6.07) is 4.86. The molecule has 1 radical (unpaired) electrons. The Morgan fingerprint density at radius 3 is 2.66 bits per heavy atom. The second kappa shape index (κ2) is 10.6. The number of amides is 2. The van der Waals surface area contributed by atoms with Crippen LogP contribution in [0.1, 0.15) is 32.3 Å². The van der Waals surface area contributed by atoms with E-state index < -0.39 is 5.92 Å². The van der Waals surface area contributed by atoms with Crippen molar-refractivity contribution >= 4 is 29.4 Å². The molecule has 187 valence electrons. The molecule has 2 amide bonds. The molecule has 0 N–H and O–H groups in total. The molecule has 1 aromatic carbocycles. The predicted molar refractivity (Wildman–Crippen MR) is 134 cm³/mol. The van der Waals surface area contributed by atoms with E-state index in [1.165, 1.54) is 12.1 Å². The lowest BCUT2D eigenvalue weighted by Crippen LogP contribution is -2.53. The molecule has 4 rings (SSSR count). The number of benzene rings is 1. The normalized spacial score (nSPS) is 23.0. The highest BCUT2D eigenvalue weighted by Crippen LogP contribution is 2.36. The lowest BCUT2D eigenvalue weighted by molar-refractivity contribution is -0.127. The van der Waals surface area contributed by atoms with Crippen molar-refractivity contribution in [2.45, 2.75) is 39.2 Å². The van der Waals surface area contributed by atoms with E-state index in [9.17, 15) is 14.0 Å². The van der Waals surface area contributed by atoms with Gasteiger partial charge in [0.05, 0.1) is 18.6 Å². The van der Waals surface area contributed by atoms with Crippen LogP contribution in [0.2, 0.25) is 0 Å². The first kappa shape index (κ1) is 24.9. The van der Waals surface area contributed by atoms with E-state index in [0.717, 1.165) is 11.8 Å². The molecule has 3 aliphatic heterocycles. The van der Waals surface area contributed by atoms with Gasteiger partial charge in [-0.15, -0.1) is 0 Å². The van der Waals surface area contributed by atoms with Crippen molar-refractivity contribution in [3.05, 3.63) is 48.2 Å². The molecule has 2 atom stereocenters. The van der Waals surface area contributed by atoms with Crippen LogP contribution in [0.25, 0.3) is 0 Å². The summed E-state index contributed by atoms with van der Waals surface area (Å²) in [4.78, 5) is 40.2. The lowest BCUT2D eigenvalue weighted by atomic mass is 9.82. The van der Waals surface area contributed by atoms with Crippen molar-refractivity contribution in [1.82, 2.24) is 9.80 Å². The van der Waals surface area contributed by atoms with Gasteiger partial charge in [-0.1, -0.05) is 19.6 Å². The van der Waals surface area contributed by atoms with Gasteiger partial charge < -0.3 is 19.4 Å². The largest absolute Gasteiger partial charge is 0.464 e. The lowest BCUT2D eigenvalue weighted by Gasteiger charge is -2.41. The second-order valence-corrected chi connectivity index (χ2v) is 8.96. The van der Waals surface area contributed by atoms with Crippen LogP contribution in [-0.4, -0.2) is 79.3 Å². The van der Waals surface area contributed by atoms with Gasteiger partial charge in [-0.3, -0.25) is 9.59 Å². The number of hydrogen-bond donors (Lipinski definition) is 0. The molecule has 1 unspecified atom stereocenters. The summed E-state index contributed by atoms with van der Waals surface area (Å²) in [6.45, 7) is 10.4. The Bertz CT molecular complexity index is 1050. The van der Waals surface area contributed by atoms with E-state index in [1.54, 1.807) is 29.0 Å². The van der Waals surface area contributed by atoms with Crippen LogP contribution in [0, 0.1) is 17.7 Å². The number of aliphatic imine (C=N–C) groups is 2. The Hall–Kier alpha value is -3.23. The van der Waals surface area contributed by atoms with Crippen molar-refractivity contribution in [2.24, 2.45) is 15.9 Å². The first-order valence-corrected chi connectivity index (χ1v) is 12.2. The molecular weight excluding hydrogens is 449 g/mol. The van der Waals surface area contributed by atoms with Crippen molar-refractivity contribution in [1.29, 1.82) is 0 Å². The molecule has 3 heterocycles. The molecule has 0 aromatic heterocycles. The van der Waals surface area contributed by atoms with Crippen LogP contribution in [0.4, 0.5) is 10.1 Å². The van der Waals surface area contributed by atoms with Crippen LogP contribution < -0.4 is 4.90 Å². The first-order chi connectivity index (χ1) is 16.9. The number of halogens is 1. The monoisotopic (exact) mass is 482 g/mol. The van der Waals surface area contributed by atoms with Gasteiger partial charge in [0.1, 0.15) is 11.7 Å². The van der Waals surface area contributed by atoms with Gasteiger partial charge in [0.15, 0.2) is 0 Å². The highest BCUT2D eigenvalue weighted by Gasteiger charge is 2.40. The number of ether oxygens (including phenoxy) is 1. The van der Waals surface area contributed by atoms with E-state index in [-0.39, 0.29) is 23.7 Å². The molecule has 35 heavy (non-hydrogen) atoms. The van der Waals surface area contributed by atoms with Crippen LogP contribution in [0.3, 0.4) is 0 Å². The number of carbonyl (C=O) groups is 2. The minimum atomic E-state index is -0.399. The minimum Gasteiger partial charge on any atom is -0.464 e. The second-order valence-electron chi connectivity index (χ2n) is 8.96. The maximum Gasteiger partial charge on any atom is 0.313 e. The van der Waals surface area contributed by atoms with Crippen molar-refractivity contribution in [3.8, 4) is 0 Å². The highest BCUT2D eigenvalue weighted by atomic mass is 19.1. The van der Waals surface area contributed by atoms with Crippen molar-refractivity contribution in [2.75, 3.05) is 44.7 Å². The van der Waals surface area contributed by atoms with Gasteiger partial charge in [0, 0.05) is 50.4 Å². The van der Waals surface area contributed by atoms with Gasteiger partial charge in [0.2, 0.25) is 11.8 Å². The minimum absolute atomic E-state index is 0.0349. The number of hydrogen-bond acceptors (Lipinski definition) is 6. The summed E-state index contributed by atoms with van der Waals surface area (Å²) in [5.41, 5.74) is 1.20. The fraction of sp³-hybridized carbons (Fsp3) is 0.500. The maximum atomic E-state index is 14.6. The average Bonchev–Trinajstić information content (AvgIpc) is 2.87. The van der Waals surface area contributed by atoms with E-state index in [2.05, 4.69) is 18.4 Å². The number of piperazine rings is 1. The molecule has 1 fully saturated rings. The fourth-order valence-electron chi connectivity index (χ4n) is 5.12. The number of fused-ring (bicyclic) bond motifs is 1. The molecule has 1 saturated heterocycles. The van der Waals surface area contributed by atoms with Gasteiger partial charge >= 0.3 is 6.02 Å². The van der Waals surface area contributed by atoms with Gasteiger partial charge in [-0.25, -0.2) is 9.38 Å². The van der Waals surface area contributed by atoms with Crippen LogP contribution in [0.5, 0.6) is 0 Å². The summed E-state index contributed by atoms with van der Waals surface area (Å²) >= 11 is 0. The standard InChI is InChI=1S/C26H33FN5O3/c1-5-18-21(16-17-15-19-20(27)9-8-10-22(19)30(4)25(17)34)28-26(35-7-3)29-24(18)32-13-11-31(12-14-32)23(33)6-2/h6,8-10,17,21H,2,5,7,11-16H2,1,3-4H3/t17-,21?/m0/s1. The number of nitrogens with zero attached hydrogens (tertiary/aromatic N) is 5. The quantitative estimate of drug-likeness (QED) is 0.605. The predicted octanol–water partition coefficient (Wildman–Crippen LogP) is 2.84. The zero-order valence-electron chi connectivity index (χ0n) is 20.7. The number of rotatable bonds is 5. The highest BCUT2D eigenvalue weighted by molar-refractivity contribution is 6.05. The van der Waals surface area contributed by atoms with Crippen LogP contribution in [0.15, 0.2) is 40.8 Å². The van der Waals surface area contributed by atoms with Crippen molar-refractivity contribution in [3.63, 3.8) is 0 Å². The Morgan fingerprint density at radius 1 is 1.26 bits per heavy atom. The average molecular weight is 483 g/mol. The molecule has 9 heteroatoms. The molecule has 0 aliphatic carbocycles. The summed E-state index contributed by atoms with van der Waals surface area (Å²) in [6.07, 6.45) is 2.84. The zero-order chi connectivity index (χ0) is 25.1. The van der Waals surface area contributed by atoms with Gasteiger partial charge in [-0.05, 0) is 44.4 Å². The third-order valence-electron chi connectivity index (χ3n) is 6.97. The van der Waals surface area contributed by atoms with Crippen LogP contribution in [-0.2, 0) is 20.7 Å². The molecule has 0 spiro atoms. The number of anilines is 1. The topological polar surface area (TPSA) is 77.8 Å². The maximum absolute atomic E-state index is 14.6. The summed E-state index contributed by atoms with van der Waals surface area (Å²) in [7, 11) is 1.70. The Morgan fingerprint density at radius 2 is 2.00 bits per heavy atom. The Kier molecular flexibility index (Phi) is 7.52.